The highest BCUT2D eigenvalue weighted by molar-refractivity contribution is 7.98. The fraction of sp³-hybridized carbons (Fsp3) is 0.389. The van der Waals surface area contributed by atoms with E-state index in [0.29, 0.717) is 11.3 Å². The molecule has 0 aromatic carbocycles. The molecule has 2 aromatic rings. The zero-order chi connectivity index (χ0) is 17.8. The summed E-state index contributed by atoms with van der Waals surface area (Å²) in [5, 5.41) is 6.86. The van der Waals surface area contributed by atoms with Gasteiger partial charge < -0.3 is 15.2 Å². The molecule has 1 aliphatic heterocycles. The van der Waals surface area contributed by atoms with Gasteiger partial charge in [-0.3, -0.25) is 9.59 Å². The molecule has 27 heavy (non-hydrogen) atoms. The number of halogens is 2. The molecule has 0 saturated carbocycles. The minimum atomic E-state index is -0.380. The number of thioether (sulfide) groups is 1. The first-order chi connectivity index (χ1) is 12.1. The highest BCUT2D eigenvalue weighted by atomic mass is 35.5. The Hall–Kier alpha value is -1.54. The van der Waals surface area contributed by atoms with Crippen molar-refractivity contribution in [3.05, 3.63) is 52.1 Å². The van der Waals surface area contributed by atoms with Crippen LogP contribution >= 0.6 is 36.6 Å². The molecule has 2 N–H and O–H groups in total. The SMILES string of the molecule is CSc1ncccc1NC(=O)c1c(C)ccn(C2CCNCC2)c1=O.Cl.Cl. The number of nitrogens with zero attached hydrogens (tertiary/aromatic N) is 2. The average molecular weight is 431 g/mol. The second-order valence-corrected chi connectivity index (χ2v) is 6.88. The van der Waals surface area contributed by atoms with Crippen LogP contribution in [0.3, 0.4) is 0 Å². The van der Waals surface area contributed by atoms with E-state index in [0.717, 1.165) is 31.0 Å². The molecule has 3 rings (SSSR count). The van der Waals surface area contributed by atoms with E-state index in [2.05, 4.69) is 15.6 Å². The van der Waals surface area contributed by atoms with Gasteiger partial charge in [-0.2, -0.15) is 0 Å². The first-order valence-corrected chi connectivity index (χ1v) is 9.57. The van der Waals surface area contributed by atoms with Gasteiger partial charge in [0.1, 0.15) is 10.6 Å². The topological polar surface area (TPSA) is 76.0 Å². The monoisotopic (exact) mass is 430 g/mol. The van der Waals surface area contributed by atoms with Crippen LogP contribution < -0.4 is 16.2 Å². The second-order valence-electron chi connectivity index (χ2n) is 6.08. The van der Waals surface area contributed by atoms with E-state index >= 15 is 0 Å². The Kier molecular flexibility index (Phi) is 9.32. The van der Waals surface area contributed by atoms with Crippen LogP contribution in [0.1, 0.15) is 34.8 Å². The number of piperidine rings is 1. The molecule has 0 spiro atoms. The lowest BCUT2D eigenvalue weighted by Crippen LogP contribution is -2.37. The number of amides is 1. The lowest BCUT2D eigenvalue weighted by molar-refractivity contribution is 0.102. The van der Waals surface area contributed by atoms with Crippen molar-refractivity contribution >= 4 is 48.2 Å². The van der Waals surface area contributed by atoms with E-state index in [4.69, 9.17) is 0 Å². The van der Waals surface area contributed by atoms with Crippen LogP contribution in [0.2, 0.25) is 0 Å². The van der Waals surface area contributed by atoms with Crippen LogP contribution in [-0.2, 0) is 0 Å². The molecule has 1 fully saturated rings. The summed E-state index contributed by atoms with van der Waals surface area (Å²) in [5.41, 5.74) is 1.29. The Morgan fingerprint density at radius 1 is 1.30 bits per heavy atom. The van der Waals surface area contributed by atoms with E-state index < -0.39 is 0 Å². The van der Waals surface area contributed by atoms with Crippen molar-refractivity contribution in [1.82, 2.24) is 14.9 Å². The fourth-order valence-electron chi connectivity index (χ4n) is 3.12. The molecule has 6 nitrogen and oxygen atoms in total. The number of anilines is 1. The van der Waals surface area contributed by atoms with Gasteiger partial charge in [-0.1, -0.05) is 0 Å². The molecule has 3 heterocycles. The average Bonchev–Trinajstić information content (AvgIpc) is 2.63. The number of aromatic nitrogens is 2. The van der Waals surface area contributed by atoms with Crippen LogP contribution in [0.5, 0.6) is 0 Å². The maximum Gasteiger partial charge on any atom is 0.263 e. The summed E-state index contributed by atoms with van der Waals surface area (Å²) < 4.78 is 1.71. The van der Waals surface area contributed by atoms with Crippen molar-refractivity contribution in [2.45, 2.75) is 30.8 Å². The van der Waals surface area contributed by atoms with Crippen molar-refractivity contribution in [2.24, 2.45) is 0 Å². The Labute approximate surface area is 175 Å². The maximum absolute atomic E-state index is 12.9. The van der Waals surface area contributed by atoms with E-state index in [1.165, 1.54) is 11.8 Å². The van der Waals surface area contributed by atoms with E-state index in [9.17, 15) is 9.59 Å². The highest BCUT2D eigenvalue weighted by Gasteiger charge is 2.21. The van der Waals surface area contributed by atoms with Gasteiger partial charge in [0.05, 0.1) is 5.69 Å². The lowest BCUT2D eigenvalue weighted by Gasteiger charge is -2.25. The number of aryl methyl sites for hydroxylation is 1. The molecule has 0 unspecified atom stereocenters. The molecule has 0 radical (unpaired) electrons. The van der Waals surface area contributed by atoms with Gasteiger partial charge >= 0.3 is 0 Å². The Morgan fingerprint density at radius 2 is 2.00 bits per heavy atom. The van der Waals surface area contributed by atoms with Gasteiger partial charge in [-0.25, -0.2) is 4.98 Å². The van der Waals surface area contributed by atoms with Crippen LogP contribution in [-0.4, -0.2) is 34.8 Å². The standard InChI is InChI=1S/C18H22N4O2S.2ClH/c1-12-7-11-22(13-5-9-19-10-6-13)18(24)15(12)16(23)21-14-4-3-8-20-17(14)25-2;;/h3-4,7-8,11,13,19H,5-6,9-10H2,1-2H3,(H,21,23);2*1H. The molecule has 0 atom stereocenters. The Balaban J connectivity index is 0.00000182. The third-order valence-corrected chi connectivity index (χ3v) is 5.18. The zero-order valence-electron chi connectivity index (χ0n) is 15.2. The molecule has 1 aliphatic rings. The van der Waals surface area contributed by atoms with Gasteiger partial charge in [0, 0.05) is 18.4 Å². The summed E-state index contributed by atoms with van der Waals surface area (Å²) in [6.45, 7) is 3.57. The summed E-state index contributed by atoms with van der Waals surface area (Å²) in [4.78, 5) is 30.0. The summed E-state index contributed by atoms with van der Waals surface area (Å²) in [7, 11) is 0. The predicted octanol–water partition coefficient (Wildman–Crippen LogP) is 3.29. The van der Waals surface area contributed by atoms with Crippen molar-refractivity contribution in [3.63, 3.8) is 0 Å². The van der Waals surface area contributed by atoms with Gasteiger partial charge in [0.2, 0.25) is 0 Å². The Morgan fingerprint density at radius 3 is 2.67 bits per heavy atom. The van der Waals surface area contributed by atoms with E-state index in [-0.39, 0.29) is 47.9 Å². The van der Waals surface area contributed by atoms with Gasteiger partial charge in [0.25, 0.3) is 11.5 Å². The molecule has 0 aliphatic carbocycles. The quantitative estimate of drug-likeness (QED) is 0.727. The Bertz CT molecular complexity index is 838. The van der Waals surface area contributed by atoms with Gasteiger partial charge in [-0.05, 0) is 62.9 Å². The van der Waals surface area contributed by atoms with E-state index in [1.807, 2.05) is 18.5 Å². The molecule has 9 heteroatoms. The van der Waals surface area contributed by atoms with Crippen LogP contribution in [0.25, 0.3) is 0 Å². The minimum absolute atomic E-state index is 0. The lowest BCUT2D eigenvalue weighted by atomic mass is 10.0. The first-order valence-electron chi connectivity index (χ1n) is 8.34. The predicted molar refractivity (Wildman–Crippen MR) is 115 cm³/mol. The number of rotatable bonds is 4. The van der Waals surface area contributed by atoms with Crippen molar-refractivity contribution in [3.8, 4) is 0 Å². The number of pyridine rings is 2. The minimum Gasteiger partial charge on any atom is -0.319 e. The number of hydrogen-bond donors (Lipinski definition) is 2. The zero-order valence-corrected chi connectivity index (χ0v) is 17.7. The summed E-state index contributed by atoms with van der Waals surface area (Å²) in [6.07, 6.45) is 7.17. The largest absolute Gasteiger partial charge is 0.319 e. The molecule has 148 valence electrons. The fourth-order valence-corrected chi connectivity index (χ4v) is 3.63. The molecule has 2 aromatic heterocycles. The summed E-state index contributed by atoms with van der Waals surface area (Å²) in [6, 6.07) is 5.54. The number of nitrogens with one attached hydrogen (secondary N) is 2. The van der Waals surface area contributed by atoms with Gasteiger partial charge in [-0.15, -0.1) is 36.6 Å². The molecule has 0 bridgehead atoms. The number of hydrogen-bond acceptors (Lipinski definition) is 5. The molecular formula is C18H24Cl2N4O2S. The number of carbonyl (C=O) groups is 1. The number of carbonyl (C=O) groups excluding carboxylic acids is 1. The third kappa shape index (κ3) is 5.25. The third-order valence-electron chi connectivity index (χ3n) is 4.47. The summed E-state index contributed by atoms with van der Waals surface area (Å²) >= 11 is 1.45. The van der Waals surface area contributed by atoms with Crippen molar-refractivity contribution in [2.75, 3.05) is 24.7 Å². The normalized spacial score (nSPS) is 14.0. The van der Waals surface area contributed by atoms with E-state index in [1.54, 1.807) is 29.8 Å². The summed E-state index contributed by atoms with van der Waals surface area (Å²) in [5.74, 6) is -0.380. The smallest absolute Gasteiger partial charge is 0.263 e. The van der Waals surface area contributed by atoms with Crippen molar-refractivity contribution in [1.29, 1.82) is 0 Å². The highest BCUT2D eigenvalue weighted by Crippen LogP contribution is 2.23. The van der Waals surface area contributed by atoms with Crippen LogP contribution in [0, 0.1) is 6.92 Å². The molecule has 1 amide bonds. The van der Waals surface area contributed by atoms with Crippen LogP contribution in [0.15, 0.2) is 40.4 Å². The van der Waals surface area contributed by atoms with Gasteiger partial charge in [0.15, 0.2) is 0 Å². The first kappa shape index (κ1) is 23.5. The molecular weight excluding hydrogens is 407 g/mol. The molecule has 1 saturated heterocycles. The maximum atomic E-state index is 12.9. The van der Waals surface area contributed by atoms with Crippen molar-refractivity contribution < 1.29 is 4.79 Å². The van der Waals surface area contributed by atoms with Crippen LogP contribution in [0.4, 0.5) is 5.69 Å². The second kappa shape index (κ2) is 10.7.